The van der Waals surface area contributed by atoms with E-state index in [4.69, 9.17) is 14.2 Å². The summed E-state index contributed by atoms with van der Waals surface area (Å²) in [5.41, 5.74) is 2.33. The molecule has 0 saturated heterocycles. The highest BCUT2D eigenvalue weighted by atomic mass is 32.1. The fourth-order valence-electron chi connectivity index (χ4n) is 3.01. The molecule has 0 radical (unpaired) electrons. The largest absolute Gasteiger partial charge is 0.493 e. The molecule has 2 aromatic rings. The maximum absolute atomic E-state index is 12.4. The zero-order valence-corrected chi connectivity index (χ0v) is 16.7. The van der Waals surface area contributed by atoms with Gasteiger partial charge in [0, 0.05) is 0 Å². The van der Waals surface area contributed by atoms with Crippen LogP contribution in [0.25, 0.3) is 10.4 Å². The van der Waals surface area contributed by atoms with Gasteiger partial charge in [-0.15, -0.1) is 11.3 Å². The molecule has 1 aromatic carbocycles. The molecule has 0 N–H and O–H groups in total. The second kappa shape index (κ2) is 7.37. The minimum Gasteiger partial charge on any atom is -0.493 e. The smallest absolute Gasteiger partial charge is 0.341 e. The van der Waals surface area contributed by atoms with Crippen molar-refractivity contribution in [2.45, 2.75) is 52.2 Å². The van der Waals surface area contributed by atoms with E-state index >= 15 is 0 Å². The number of ether oxygens (including phenoxy) is 3. The van der Waals surface area contributed by atoms with Crippen molar-refractivity contribution in [2.75, 3.05) is 13.7 Å². The van der Waals surface area contributed by atoms with E-state index in [9.17, 15) is 4.79 Å². The van der Waals surface area contributed by atoms with Gasteiger partial charge in [-0.05, 0) is 69.9 Å². The Morgan fingerprint density at radius 1 is 1.35 bits per heavy atom. The standard InChI is InChI=1S/C20H25NO4S/c1-12-21-16(17(19(22)23-5)25-20(2,3)4)18(26-12)14-8-9-15-13(11-14)7-6-10-24-15/h8-9,11,17H,6-7,10H2,1-5H3. The lowest BCUT2D eigenvalue weighted by molar-refractivity contribution is -0.164. The number of thiazole rings is 1. The van der Waals surface area contributed by atoms with Gasteiger partial charge in [-0.25, -0.2) is 9.78 Å². The predicted molar refractivity (Wildman–Crippen MR) is 102 cm³/mol. The summed E-state index contributed by atoms with van der Waals surface area (Å²) in [6.07, 6.45) is 1.16. The molecule has 1 atom stereocenters. The van der Waals surface area contributed by atoms with E-state index < -0.39 is 17.7 Å². The molecule has 2 heterocycles. The number of carbonyl (C=O) groups is 1. The molecule has 140 valence electrons. The highest BCUT2D eigenvalue weighted by Crippen LogP contribution is 2.39. The van der Waals surface area contributed by atoms with Gasteiger partial charge in [0.15, 0.2) is 6.10 Å². The summed E-state index contributed by atoms with van der Waals surface area (Å²) in [6.45, 7) is 8.44. The third kappa shape index (κ3) is 4.07. The van der Waals surface area contributed by atoms with E-state index in [0.29, 0.717) is 5.69 Å². The zero-order chi connectivity index (χ0) is 18.9. The first kappa shape index (κ1) is 18.9. The fraction of sp³-hybridized carbons (Fsp3) is 0.500. The Morgan fingerprint density at radius 3 is 2.81 bits per heavy atom. The van der Waals surface area contributed by atoms with Crippen molar-refractivity contribution in [3.05, 3.63) is 34.5 Å². The molecule has 0 spiro atoms. The summed E-state index contributed by atoms with van der Waals surface area (Å²) in [6, 6.07) is 6.16. The molecule has 0 aliphatic carbocycles. The van der Waals surface area contributed by atoms with Gasteiger partial charge in [-0.3, -0.25) is 0 Å². The number of aromatic nitrogens is 1. The molecule has 26 heavy (non-hydrogen) atoms. The van der Waals surface area contributed by atoms with Crippen LogP contribution in [0.1, 0.15) is 49.6 Å². The van der Waals surface area contributed by atoms with Crippen LogP contribution in [-0.4, -0.2) is 30.3 Å². The van der Waals surface area contributed by atoms with Crippen LogP contribution < -0.4 is 4.74 Å². The van der Waals surface area contributed by atoms with Crippen molar-refractivity contribution >= 4 is 17.3 Å². The zero-order valence-electron chi connectivity index (χ0n) is 15.9. The molecular weight excluding hydrogens is 350 g/mol. The Hall–Kier alpha value is -1.92. The van der Waals surface area contributed by atoms with Crippen LogP contribution in [0.2, 0.25) is 0 Å². The summed E-state index contributed by atoms with van der Waals surface area (Å²) in [5, 5.41) is 0.885. The van der Waals surface area contributed by atoms with Gasteiger partial charge in [0.05, 0.1) is 34.9 Å². The van der Waals surface area contributed by atoms with Crippen LogP contribution >= 0.6 is 11.3 Å². The Labute approximate surface area is 158 Å². The molecule has 1 unspecified atom stereocenters. The Morgan fingerprint density at radius 2 is 2.12 bits per heavy atom. The van der Waals surface area contributed by atoms with Gasteiger partial charge >= 0.3 is 5.97 Å². The van der Waals surface area contributed by atoms with Gasteiger partial charge in [-0.2, -0.15) is 0 Å². The molecule has 1 aromatic heterocycles. The first-order chi connectivity index (χ1) is 12.3. The number of carbonyl (C=O) groups excluding carboxylic acids is 1. The molecule has 0 amide bonds. The fourth-order valence-corrected chi connectivity index (χ4v) is 3.95. The van der Waals surface area contributed by atoms with Crippen LogP contribution in [0, 0.1) is 6.92 Å². The highest BCUT2D eigenvalue weighted by molar-refractivity contribution is 7.15. The Kier molecular flexibility index (Phi) is 5.34. The third-order valence-corrected chi connectivity index (χ3v) is 5.10. The van der Waals surface area contributed by atoms with Crippen molar-refractivity contribution in [1.82, 2.24) is 4.98 Å². The minimum absolute atomic E-state index is 0.437. The molecule has 1 aliphatic rings. The minimum atomic E-state index is -0.854. The first-order valence-corrected chi connectivity index (χ1v) is 9.59. The number of nitrogens with zero attached hydrogens (tertiary/aromatic N) is 1. The van der Waals surface area contributed by atoms with Gasteiger partial charge in [0.25, 0.3) is 0 Å². The molecule has 0 fully saturated rings. The molecule has 0 saturated carbocycles. The average molecular weight is 375 g/mol. The van der Waals surface area contributed by atoms with E-state index in [-0.39, 0.29) is 0 Å². The number of aryl methyl sites for hydroxylation is 2. The molecule has 0 bridgehead atoms. The van der Waals surface area contributed by atoms with Crippen molar-refractivity contribution in [3.63, 3.8) is 0 Å². The molecule has 3 rings (SSSR count). The van der Waals surface area contributed by atoms with Crippen LogP contribution in [0.3, 0.4) is 0 Å². The number of benzene rings is 1. The van der Waals surface area contributed by atoms with Crippen LogP contribution in [0.5, 0.6) is 5.75 Å². The van der Waals surface area contributed by atoms with Gasteiger partial charge in [0.1, 0.15) is 5.75 Å². The van der Waals surface area contributed by atoms with E-state index in [1.54, 1.807) is 11.3 Å². The lowest BCUT2D eigenvalue weighted by atomic mass is 10.0. The SMILES string of the molecule is COC(=O)C(OC(C)(C)C)c1nc(C)sc1-c1ccc2c(c1)CCCO2. The molecule has 5 nitrogen and oxygen atoms in total. The van der Waals surface area contributed by atoms with E-state index in [0.717, 1.165) is 40.6 Å². The van der Waals surface area contributed by atoms with Gasteiger partial charge < -0.3 is 14.2 Å². The van der Waals surface area contributed by atoms with Crippen molar-refractivity contribution in [1.29, 1.82) is 0 Å². The predicted octanol–water partition coefficient (Wildman–Crippen LogP) is 4.47. The summed E-state index contributed by atoms with van der Waals surface area (Å²) in [5.74, 6) is 0.506. The molecule has 1 aliphatic heterocycles. The van der Waals surface area contributed by atoms with Crippen molar-refractivity contribution < 1.29 is 19.0 Å². The third-order valence-electron chi connectivity index (χ3n) is 4.07. The number of esters is 1. The first-order valence-electron chi connectivity index (χ1n) is 8.77. The van der Waals surface area contributed by atoms with Crippen LogP contribution in [-0.2, 0) is 20.7 Å². The van der Waals surface area contributed by atoms with Crippen LogP contribution in [0.4, 0.5) is 0 Å². The lowest BCUT2D eigenvalue weighted by Gasteiger charge is -2.25. The summed E-state index contributed by atoms with van der Waals surface area (Å²) in [4.78, 5) is 18.0. The van der Waals surface area contributed by atoms with Crippen molar-refractivity contribution in [3.8, 4) is 16.2 Å². The Balaban J connectivity index is 2.05. The maximum atomic E-state index is 12.4. The normalized spacial score (nSPS) is 15.1. The summed E-state index contributed by atoms with van der Waals surface area (Å²) < 4.78 is 16.7. The van der Waals surface area contributed by atoms with Gasteiger partial charge in [0.2, 0.25) is 0 Å². The van der Waals surface area contributed by atoms with E-state index in [2.05, 4.69) is 11.1 Å². The van der Waals surface area contributed by atoms with E-state index in [1.807, 2.05) is 39.8 Å². The van der Waals surface area contributed by atoms with Gasteiger partial charge in [-0.1, -0.05) is 0 Å². The highest BCUT2D eigenvalue weighted by Gasteiger charge is 2.33. The molecular formula is C20H25NO4S. The number of rotatable bonds is 4. The number of methoxy groups -OCH3 is 1. The Bertz CT molecular complexity index is 807. The summed E-state index contributed by atoms with van der Waals surface area (Å²) >= 11 is 1.56. The summed E-state index contributed by atoms with van der Waals surface area (Å²) in [7, 11) is 1.37. The average Bonchev–Trinajstić information content (AvgIpc) is 2.99. The second-order valence-electron chi connectivity index (χ2n) is 7.36. The lowest BCUT2D eigenvalue weighted by Crippen LogP contribution is -2.28. The van der Waals surface area contributed by atoms with E-state index in [1.165, 1.54) is 12.7 Å². The number of hydrogen-bond acceptors (Lipinski definition) is 6. The quantitative estimate of drug-likeness (QED) is 0.738. The topological polar surface area (TPSA) is 57.7 Å². The monoisotopic (exact) mass is 375 g/mol. The van der Waals surface area contributed by atoms with Crippen LogP contribution in [0.15, 0.2) is 18.2 Å². The maximum Gasteiger partial charge on any atom is 0.341 e. The number of fused-ring (bicyclic) bond motifs is 1. The van der Waals surface area contributed by atoms with Crippen molar-refractivity contribution in [2.24, 2.45) is 0 Å². The molecule has 6 heteroatoms. The number of hydrogen-bond donors (Lipinski definition) is 0. The second-order valence-corrected chi connectivity index (χ2v) is 8.56.